The van der Waals surface area contributed by atoms with Crippen LogP contribution in [-0.2, 0) is 20.7 Å². The Morgan fingerprint density at radius 3 is 2.50 bits per heavy atom. The summed E-state index contributed by atoms with van der Waals surface area (Å²) >= 11 is 0. The molecule has 1 N–H and O–H groups in total. The van der Waals surface area contributed by atoms with Crippen LogP contribution in [0.5, 0.6) is 0 Å². The van der Waals surface area contributed by atoms with Gasteiger partial charge in [-0.25, -0.2) is 13.1 Å². The fourth-order valence-electron chi connectivity index (χ4n) is 1.25. The van der Waals surface area contributed by atoms with Crippen LogP contribution in [0.1, 0.15) is 18.1 Å². The number of alkyl halides is 2. The summed E-state index contributed by atoms with van der Waals surface area (Å²) < 4.78 is 51.0. The normalized spacial score (nSPS) is 12.2. The van der Waals surface area contributed by atoms with Gasteiger partial charge in [0.05, 0.1) is 5.75 Å². The predicted octanol–water partition coefficient (Wildman–Crippen LogP) is 1.55. The van der Waals surface area contributed by atoms with E-state index in [1.165, 1.54) is 17.7 Å². The van der Waals surface area contributed by atoms with Gasteiger partial charge in [-0.3, -0.25) is 4.79 Å². The number of carbonyl (C=O) groups is 1. The number of sulfonamides is 1. The molecule has 4 nitrogen and oxygen atoms in total. The molecule has 0 radical (unpaired) electrons. The average molecular weight is 277 g/mol. The molecule has 0 aliphatic heterocycles. The number of hydrogen-bond acceptors (Lipinski definition) is 3. The second-order valence-corrected chi connectivity index (χ2v) is 5.79. The molecule has 0 saturated heterocycles. The number of benzene rings is 1. The van der Waals surface area contributed by atoms with E-state index in [9.17, 15) is 22.0 Å². The van der Waals surface area contributed by atoms with Gasteiger partial charge in [-0.2, -0.15) is 8.78 Å². The summed E-state index contributed by atoms with van der Waals surface area (Å²) in [5.41, 5.74) is 0.0182. The number of halogens is 2. The van der Waals surface area contributed by atoms with Crippen molar-refractivity contribution >= 4 is 15.9 Å². The van der Waals surface area contributed by atoms with E-state index in [2.05, 4.69) is 0 Å². The minimum Gasteiger partial charge on any atom is -0.267 e. The Balaban J connectivity index is 3.04. The number of rotatable bonds is 4. The van der Waals surface area contributed by atoms with Crippen LogP contribution in [0.15, 0.2) is 24.3 Å². The van der Waals surface area contributed by atoms with Gasteiger partial charge in [0.2, 0.25) is 10.0 Å². The van der Waals surface area contributed by atoms with Crippen LogP contribution in [0.25, 0.3) is 0 Å². The lowest BCUT2D eigenvalue weighted by Gasteiger charge is -2.16. The van der Waals surface area contributed by atoms with Crippen molar-refractivity contribution in [3.05, 3.63) is 35.4 Å². The van der Waals surface area contributed by atoms with Gasteiger partial charge >= 0.3 is 11.8 Å². The molecule has 7 heteroatoms. The van der Waals surface area contributed by atoms with Gasteiger partial charge in [0.15, 0.2) is 0 Å². The summed E-state index contributed by atoms with van der Waals surface area (Å²) in [7, 11) is -4.00. The van der Waals surface area contributed by atoms with Crippen molar-refractivity contribution in [3.8, 4) is 0 Å². The van der Waals surface area contributed by atoms with Gasteiger partial charge in [-0.05, 0) is 19.9 Å². The molecule has 18 heavy (non-hydrogen) atoms. The predicted molar refractivity (Wildman–Crippen MR) is 62.7 cm³/mol. The van der Waals surface area contributed by atoms with Gasteiger partial charge in [0.25, 0.3) is 0 Å². The van der Waals surface area contributed by atoms with Crippen LogP contribution in [0.2, 0.25) is 0 Å². The lowest BCUT2D eigenvalue weighted by molar-refractivity contribution is -0.144. The van der Waals surface area contributed by atoms with E-state index in [1.807, 2.05) is 0 Å². The van der Waals surface area contributed by atoms with Crippen molar-refractivity contribution < 1.29 is 22.0 Å². The van der Waals surface area contributed by atoms with Crippen molar-refractivity contribution in [2.75, 3.05) is 5.75 Å². The van der Waals surface area contributed by atoms with Crippen molar-refractivity contribution in [3.63, 3.8) is 0 Å². The zero-order valence-corrected chi connectivity index (χ0v) is 10.7. The smallest absolute Gasteiger partial charge is 0.267 e. The van der Waals surface area contributed by atoms with E-state index >= 15 is 0 Å². The van der Waals surface area contributed by atoms with Gasteiger partial charge in [0.1, 0.15) is 0 Å². The molecule has 100 valence electrons. The number of nitrogens with one attached hydrogen (secondary N) is 1. The summed E-state index contributed by atoms with van der Waals surface area (Å²) in [6, 6.07) is 5.18. The summed E-state index contributed by atoms with van der Waals surface area (Å²) in [5.74, 6) is -6.16. The second-order valence-electron chi connectivity index (χ2n) is 3.78. The molecule has 0 atom stereocenters. The fraction of sp³-hybridized carbons (Fsp3) is 0.364. The monoisotopic (exact) mass is 277 g/mol. The zero-order chi connectivity index (χ0) is 14.0. The van der Waals surface area contributed by atoms with E-state index in [0.29, 0.717) is 5.56 Å². The summed E-state index contributed by atoms with van der Waals surface area (Å²) in [5, 5.41) is 0. The third-order valence-corrected chi connectivity index (χ3v) is 3.55. The quantitative estimate of drug-likeness (QED) is 0.908. The molecule has 1 amide bonds. The minimum absolute atomic E-state index is 0.442. The highest BCUT2D eigenvalue weighted by molar-refractivity contribution is 7.90. The van der Waals surface area contributed by atoms with Gasteiger partial charge in [-0.1, -0.05) is 23.8 Å². The molecule has 0 unspecified atom stereocenters. The molecule has 0 spiro atoms. The highest BCUT2D eigenvalue weighted by Gasteiger charge is 2.42. The average Bonchev–Trinajstić information content (AvgIpc) is 2.28. The largest absolute Gasteiger partial charge is 0.350 e. The maximum Gasteiger partial charge on any atom is 0.350 e. The Morgan fingerprint density at radius 1 is 1.39 bits per heavy atom. The van der Waals surface area contributed by atoms with Crippen LogP contribution in [0.3, 0.4) is 0 Å². The van der Waals surface area contributed by atoms with Crippen molar-refractivity contribution in [1.29, 1.82) is 0 Å². The number of aryl methyl sites for hydroxylation is 1. The number of hydrogen-bond donors (Lipinski definition) is 1. The highest BCUT2D eigenvalue weighted by Crippen LogP contribution is 2.28. The molecular formula is C11H13F2NO3S. The van der Waals surface area contributed by atoms with Gasteiger partial charge < -0.3 is 0 Å². The standard InChI is InChI=1S/C11H13F2NO3S/c1-3-18(16,17)14-10(15)11(12,13)9-6-4-5-8(2)7-9/h4-7H,3H2,1-2H3,(H,14,15). The fourth-order valence-corrected chi connectivity index (χ4v) is 1.80. The van der Waals surface area contributed by atoms with Crippen molar-refractivity contribution in [2.24, 2.45) is 0 Å². The number of carbonyl (C=O) groups excluding carboxylic acids is 1. The van der Waals surface area contributed by atoms with Gasteiger partial charge in [0, 0.05) is 5.56 Å². The highest BCUT2D eigenvalue weighted by atomic mass is 32.2. The van der Waals surface area contributed by atoms with Crippen LogP contribution in [-0.4, -0.2) is 20.1 Å². The van der Waals surface area contributed by atoms with Crippen LogP contribution in [0, 0.1) is 6.92 Å². The Morgan fingerprint density at radius 2 is 2.00 bits per heavy atom. The molecule has 0 aliphatic carbocycles. The third kappa shape index (κ3) is 3.25. The molecule has 0 aromatic heterocycles. The minimum atomic E-state index is -4.00. The lowest BCUT2D eigenvalue weighted by Crippen LogP contribution is -2.42. The Labute approximate surface area is 104 Å². The summed E-state index contributed by atoms with van der Waals surface area (Å²) in [6.45, 7) is 2.85. The topological polar surface area (TPSA) is 63.2 Å². The molecule has 0 fully saturated rings. The Bertz CT molecular complexity index is 555. The van der Waals surface area contributed by atoms with Crippen LogP contribution >= 0.6 is 0 Å². The van der Waals surface area contributed by atoms with E-state index in [4.69, 9.17) is 0 Å². The van der Waals surface area contributed by atoms with Crippen molar-refractivity contribution in [1.82, 2.24) is 4.72 Å². The first-order chi connectivity index (χ1) is 8.19. The molecule has 0 bridgehead atoms. The summed E-state index contributed by atoms with van der Waals surface area (Å²) in [4.78, 5) is 11.3. The zero-order valence-electron chi connectivity index (χ0n) is 9.91. The SMILES string of the molecule is CCS(=O)(=O)NC(=O)C(F)(F)c1cccc(C)c1. The third-order valence-electron chi connectivity index (χ3n) is 2.29. The first kappa shape index (κ1) is 14.6. The number of amides is 1. The van der Waals surface area contributed by atoms with Crippen LogP contribution < -0.4 is 4.72 Å². The molecule has 1 aromatic carbocycles. The first-order valence-electron chi connectivity index (χ1n) is 5.19. The first-order valence-corrected chi connectivity index (χ1v) is 6.84. The lowest BCUT2D eigenvalue weighted by atomic mass is 10.1. The van der Waals surface area contributed by atoms with E-state index in [0.717, 1.165) is 12.1 Å². The molecule has 0 heterocycles. The Hall–Kier alpha value is -1.50. The molecule has 0 aliphatic rings. The molecule has 1 aromatic rings. The summed E-state index contributed by atoms with van der Waals surface area (Å²) in [6.07, 6.45) is 0. The van der Waals surface area contributed by atoms with Crippen molar-refractivity contribution in [2.45, 2.75) is 19.8 Å². The maximum absolute atomic E-state index is 13.7. The second kappa shape index (κ2) is 5.01. The van der Waals surface area contributed by atoms with E-state index in [1.54, 1.807) is 13.0 Å². The maximum atomic E-state index is 13.7. The van der Waals surface area contributed by atoms with E-state index < -0.39 is 33.2 Å². The molecular weight excluding hydrogens is 264 g/mol. The molecule has 1 rings (SSSR count). The Kier molecular flexibility index (Phi) is 4.05. The molecule has 0 saturated carbocycles. The van der Waals surface area contributed by atoms with Gasteiger partial charge in [-0.15, -0.1) is 0 Å². The van der Waals surface area contributed by atoms with Crippen LogP contribution in [0.4, 0.5) is 8.78 Å². The van der Waals surface area contributed by atoms with E-state index in [-0.39, 0.29) is 0 Å².